The second-order valence-electron chi connectivity index (χ2n) is 6.25. The number of benzene rings is 2. The van der Waals surface area contributed by atoms with Gasteiger partial charge in [-0.2, -0.15) is 0 Å². The summed E-state index contributed by atoms with van der Waals surface area (Å²) >= 11 is 0. The normalized spacial score (nSPS) is 18.3. The molecule has 1 aliphatic heterocycles. The average Bonchev–Trinajstić information content (AvgIpc) is 2.96. The SMILES string of the molecule is COc1ccc(/C(O)=C2/C(=O)C(=O)N(C)C2c2ccc(OC)cc2OC)cc1. The number of hydrogen-bond donors (Lipinski definition) is 1. The first-order chi connectivity index (χ1) is 13.4. The molecule has 146 valence electrons. The van der Waals surface area contributed by atoms with Crippen LogP contribution in [-0.2, 0) is 9.59 Å². The Morgan fingerprint density at radius 3 is 2.11 bits per heavy atom. The van der Waals surface area contributed by atoms with Crippen LogP contribution in [-0.4, -0.2) is 50.1 Å². The number of nitrogens with zero attached hydrogens (tertiary/aromatic N) is 1. The van der Waals surface area contributed by atoms with E-state index in [4.69, 9.17) is 14.2 Å². The number of aliphatic hydroxyl groups is 1. The first-order valence-electron chi connectivity index (χ1n) is 8.53. The molecule has 3 rings (SSSR count). The predicted molar refractivity (Wildman–Crippen MR) is 103 cm³/mol. The van der Waals surface area contributed by atoms with Crippen LogP contribution in [0.15, 0.2) is 48.0 Å². The van der Waals surface area contributed by atoms with Gasteiger partial charge in [-0.1, -0.05) is 0 Å². The molecule has 7 heteroatoms. The van der Waals surface area contributed by atoms with Crippen LogP contribution >= 0.6 is 0 Å². The van der Waals surface area contributed by atoms with E-state index in [0.29, 0.717) is 28.4 Å². The first-order valence-corrected chi connectivity index (χ1v) is 8.53. The molecule has 1 fully saturated rings. The monoisotopic (exact) mass is 383 g/mol. The zero-order valence-electron chi connectivity index (χ0n) is 16.1. The number of hydrogen-bond acceptors (Lipinski definition) is 6. The number of ketones is 1. The van der Waals surface area contributed by atoms with Crippen LogP contribution in [0.5, 0.6) is 17.2 Å². The van der Waals surface area contributed by atoms with Gasteiger partial charge in [0.2, 0.25) is 0 Å². The summed E-state index contributed by atoms with van der Waals surface area (Å²) < 4.78 is 15.8. The van der Waals surface area contributed by atoms with E-state index in [2.05, 4.69) is 0 Å². The quantitative estimate of drug-likeness (QED) is 0.485. The molecule has 0 aliphatic carbocycles. The standard InChI is InChI=1S/C21H21NO6/c1-22-18(15-10-9-14(27-3)11-16(15)28-4)17(20(24)21(22)25)19(23)12-5-7-13(26-2)8-6-12/h5-11,18,23H,1-4H3/b19-17-. The van der Waals surface area contributed by atoms with Crippen molar-refractivity contribution in [3.63, 3.8) is 0 Å². The van der Waals surface area contributed by atoms with Gasteiger partial charge in [-0.05, 0) is 36.4 Å². The van der Waals surface area contributed by atoms with Gasteiger partial charge in [-0.15, -0.1) is 0 Å². The topological polar surface area (TPSA) is 85.3 Å². The number of methoxy groups -OCH3 is 3. The van der Waals surface area contributed by atoms with E-state index < -0.39 is 17.7 Å². The maximum absolute atomic E-state index is 12.7. The van der Waals surface area contributed by atoms with Gasteiger partial charge in [0.15, 0.2) is 0 Å². The van der Waals surface area contributed by atoms with E-state index in [-0.39, 0.29) is 11.3 Å². The summed E-state index contributed by atoms with van der Waals surface area (Å²) in [4.78, 5) is 26.4. The fraction of sp³-hybridized carbons (Fsp3) is 0.238. The lowest BCUT2D eigenvalue weighted by molar-refractivity contribution is -0.139. The van der Waals surface area contributed by atoms with Gasteiger partial charge in [0.05, 0.1) is 32.9 Å². The summed E-state index contributed by atoms with van der Waals surface area (Å²) in [5.41, 5.74) is 0.978. The second-order valence-corrected chi connectivity index (χ2v) is 6.25. The summed E-state index contributed by atoms with van der Waals surface area (Å²) in [6.07, 6.45) is 0. The Morgan fingerprint density at radius 1 is 0.929 bits per heavy atom. The Bertz CT molecular complexity index is 948. The van der Waals surface area contributed by atoms with E-state index in [9.17, 15) is 14.7 Å². The Balaban J connectivity index is 2.17. The Kier molecular flexibility index (Phi) is 5.26. The molecule has 0 radical (unpaired) electrons. The van der Waals surface area contributed by atoms with Crippen molar-refractivity contribution in [3.05, 3.63) is 59.2 Å². The number of ether oxygens (including phenoxy) is 3. The van der Waals surface area contributed by atoms with E-state index in [1.54, 1.807) is 42.5 Å². The minimum absolute atomic E-state index is 0.00105. The molecule has 0 spiro atoms. The third kappa shape index (κ3) is 3.15. The van der Waals surface area contributed by atoms with Gasteiger partial charge >= 0.3 is 0 Å². The molecule has 28 heavy (non-hydrogen) atoms. The summed E-state index contributed by atoms with van der Waals surface area (Å²) in [7, 11) is 6.07. The first kappa shape index (κ1) is 19.3. The van der Waals surface area contributed by atoms with Crippen LogP contribution < -0.4 is 14.2 Å². The molecular formula is C21H21NO6. The fourth-order valence-corrected chi connectivity index (χ4v) is 3.26. The lowest BCUT2D eigenvalue weighted by Crippen LogP contribution is -2.25. The van der Waals surface area contributed by atoms with Crippen LogP contribution in [0.4, 0.5) is 0 Å². The molecule has 1 unspecified atom stereocenters. The van der Waals surface area contributed by atoms with Crippen LogP contribution in [0.3, 0.4) is 0 Å². The number of likely N-dealkylation sites (N-methyl/N-ethyl adjacent to an activating group) is 1. The summed E-state index contributed by atoms with van der Waals surface area (Å²) in [5.74, 6) is -0.0757. The number of Topliss-reactive ketones (excluding diaryl/α,β-unsaturated/α-hetero) is 1. The fourth-order valence-electron chi connectivity index (χ4n) is 3.26. The highest BCUT2D eigenvalue weighted by Gasteiger charge is 2.45. The average molecular weight is 383 g/mol. The van der Waals surface area contributed by atoms with Gasteiger partial charge < -0.3 is 24.2 Å². The van der Waals surface area contributed by atoms with Crippen molar-refractivity contribution >= 4 is 17.4 Å². The minimum Gasteiger partial charge on any atom is -0.507 e. The lowest BCUT2D eigenvalue weighted by atomic mass is 9.94. The number of aliphatic hydroxyl groups excluding tert-OH is 1. The summed E-state index contributed by atoms with van der Waals surface area (Å²) in [6, 6.07) is 10.9. The van der Waals surface area contributed by atoms with Crippen molar-refractivity contribution < 1.29 is 28.9 Å². The third-order valence-electron chi connectivity index (χ3n) is 4.77. The lowest BCUT2D eigenvalue weighted by Gasteiger charge is -2.23. The molecule has 0 bridgehead atoms. The predicted octanol–water partition coefficient (Wildman–Crippen LogP) is 2.76. The van der Waals surface area contributed by atoms with E-state index >= 15 is 0 Å². The van der Waals surface area contributed by atoms with Crippen molar-refractivity contribution in [1.82, 2.24) is 4.90 Å². The van der Waals surface area contributed by atoms with Gasteiger partial charge in [-0.25, -0.2) is 0 Å². The highest BCUT2D eigenvalue weighted by atomic mass is 16.5. The van der Waals surface area contributed by atoms with Gasteiger partial charge in [-0.3, -0.25) is 9.59 Å². The number of rotatable bonds is 5. The Morgan fingerprint density at radius 2 is 1.54 bits per heavy atom. The van der Waals surface area contributed by atoms with Crippen molar-refractivity contribution in [2.24, 2.45) is 0 Å². The molecule has 2 aromatic rings. The molecular weight excluding hydrogens is 362 g/mol. The van der Waals surface area contributed by atoms with E-state index in [1.165, 1.54) is 33.3 Å². The van der Waals surface area contributed by atoms with Crippen LogP contribution in [0, 0.1) is 0 Å². The summed E-state index contributed by atoms with van der Waals surface area (Å²) in [5, 5.41) is 10.9. The van der Waals surface area contributed by atoms with Gasteiger partial charge in [0.1, 0.15) is 23.0 Å². The number of carbonyl (C=O) groups excluding carboxylic acids is 2. The van der Waals surface area contributed by atoms with Crippen LogP contribution in [0.1, 0.15) is 17.2 Å². The molecule has 1 amide bonds. The highest BCUT2D eigenvalue weighted by molar-refractivity contribution is 6.46. The summed E-state index contributed by atoms with van der Waals surface area (Å²) in [6.45, 7) is 0. The Labute approximate surface area is 162 Å². The third-order valence-corrected chi connectivity index (χ3v) is 4.77. The van der Waals surface area contributed by atoms with Gasteiger partial charge in [0, 0.05) is 24.2 Å². The second kappa shape index (κ2) is 7.64. The van der Waals surface area contributed by atoms with Crippen molar-refractivity contribution in [2.75, 3.05) is 28.4 Å². The van der Waals surface area contributed by atoms with Crippen molar-refractivity contribution in [1.29, 1.82) is 0 Å². The molecule has 1 N–H and O–H groups in total. The maximum atomic E-state index is 12.7. The molecule has 7 nitrogen and oxygen atoms in total. The maximum Gasteiger partial charge on any atom is 0.295 e. The van der Waals surface area contributed by atoms with Gasteiger partial charge in [0.25, 0.3) is 11.7 Å². The smallest absolute Gasteiger partial charge is 0.295 e. The molecule has 1 aliphatic rings. The largest absolute Gasteiger partial charge is 0.507 e. The zero-order chi connectivity index (χ0) is 20.4. The molecule has 1 heterocycles. The molecule has 0 aromatic heterocycles. The molecule has 1 saturated heterocycles. The molecule has 1 atom stereocenters. The highest BCUT2D eigenvalue weighted by Crippen LogP contribution is 2.42. The number of likely N-dealkylation sites (tertiary alicyclic amines) is 1. The van der Waals surface area contributed by atoms with E-state index in [1.807, 2.05) is 0 Å². The van der Waals surface area contributed by atoms with Crippen molar-refractivity contribution in [2.45, 2.75) is 6.04 Å². The number of amides is 1. The van der Waals surface area contributed by atoms with E-state index in [0.717, 1.165) is 0 Å². The molecule has 2 aromatic carbocycles. The zero-order valence-corrected chi connectivity index (χ0v) is 16.1. The Hall–Kier alpha value is -3.48. The van der Waals surface area contributed by atoms with Crippen molar-refractivity contribution in [3.8, 4) is 17.2 Å². The van der Waals surface area contributed by atoms with Crippen LogP contribution in [0.2, 0.25) is 0 Å². The van der Waals surface area contributed by atoms with Crippen LogP contribution in [0.25, 0.3) is 5.76 Å². The minimum atomic E-state index is -0.789. The number of carbonyl (C=O) groups is 2. The molecule has 0 saturated carbocycles.